The number of rotatable bonds is 6. The van der Waals surface area contributed by atoms with E-state index in [4.69, 9.17) is 4.74 Å². The van der Waals surface area contributed by atoms with Gasteiger partial charge in [0, 0.05) is 17.2 Å². The SMILES string of the molecule is CCOc1ccc(NC(=O)C2CC2C2CC2)cc1CO. The minimum Gasteiger partial charge on any atom is -0.494 e. The van der Waals surface area contributed by atoms with Crippen LogP contribution in [-0.4, -0.2) is 17.6 Å². The summed E-state index contributed by atoms with van der Waals surface area (Å²) in [5.74, 6) is 2.42. The Labute approximate surface area is 119 Å². The third-order valence-corrected chi connectivity index (χ3v) is 4.20. The number of aliphatic hydroxyl groups excluding tert-OH is 1. The summed E-state index contributed by atoms with van der Waals surface area (Å²) in [6, 6.07) is 5.42. The largest absolute Gasteiger partial charge is 0.494 e. The van der Waals surface area contributed by atoms with Crippen LogP contribution < -0.4 is 10.1 Å². The molecule has 1 aromatic rings. The summed E-state index contributed by atoms with van der Waals surface area (Å²) in [6.45, 7) is 2.37. The van der Waals surface area contributed by atoms with Gasteiger partial charge in [0.2, 0.25) is 5.91 Å². The molecular formula is C16H21NO3. The van der Waals surface area contributed by atoms with Crippen molar-refractivity contribution in [2.45, 2.75) is 32.8 Å². The minimum absolute atomic E-state index is 0.0901. The molecule has 2 unspecified atom stereocenters. The molecule has 2 fully saturated rings. The van der Waals surface area contributed by atoms with Crippen molar-refractivity contribution < 1.29 is 14.6 Å². The first-order chi connectivity index (χ1) is 9.72. The first-order valence-corrected chi connectivity index (χ1v) is 7.40. The molecule has 4 nitrogen and oxygen atoms in total. The van der Waals surface area contributed by atoms with E-state index in [1.54, 1.807) is 12.1 Å². The Morgan fingerprint density at radius 3 is 2.90 bits per heavy atom. The van der Waals surface area contributed by atoms with E-state index < -0.39 is 0 Å². The molecule has 3 rings (SSSR count). The second kappa shape index (κ2) is 5.44. The first-order valence-electron chi connectivity index (χ1n) is 7.40. The van der Waals surface area contributed by atoms with Crippen molar-refractivity contribution in [2.75, 3.05) is 11.9 Å². The van der Waals surface area contributed by atoms with Crippen molar-refractivity contribution in [2.24, 2.45) is 17.8 Å². The molecule has 4 heteroatoms. The third-order valence-electron chi connectivity index (χ3n) is 4.20. The molecule has 0 heterocycles. The molecule has 2 saturated carbocycles. The molecule has 0 aromatic heterocycles. The Morgan fingerprint density at radius 2 is 2.25 bits per heavy atom. The summed E-state index contributed by atoms with van der Waals surface area (Å²) in [5, 5.41) is 12.3. The summed E-state index contributed by atoms with van der Waals surface area (Å²) in [4.78, 5) is 12.1. The van der Waals surface area contributed by atoms with Crippen LogP contribution in [0.5, 0.6) is 5.75 Å². The molecule has 0 aliphatic heterocycles. The predicted molar refractivity (Wildman–Crippen MR) is 76.5 cm³/mol. The zero-order valence-corrected chi connectivity index (χ0v) is 11.8. The van der Waals surface area contributed by atoms with Gasteiger partial charge in [-0.1, -0.05) is 0 Å². The highest BCUT2D eigenvalue weighted by molar-refractivity contribution is 5.94. The highest BCUT2D eigenvalue weighted by Crippen LogP contribution is 2.54. The van der Waals surface area contributed by atoms with Gasteiger partial charge in [-0.05, 0) is 56.2 Å². The Hall–Kier alpha value is -1.55. The zero-order chi connectivity index (χ0) is 14.1. The lowest BCUT2D eigenvalue weighted by Gasteiger charge is -2.11. The Morgan fingerprint density at radius 1 is 1.45 bits per heavy atom. The molecule has 2 aliphatic rings. The molecule has 1 aromatic carbocycles. The molecule has 2 atom stereocenters. The number of amides is 1. The highest BCUT2D eigenvalue weighted by Gasteiger charge is 2.51. The second-order valence-corrected chi connectivity index (χ2v) is 5.75. The van der Waals surface area contributed by atoms with Crippen molar-refractivity contribution in [1.29, 1.82) is 0 Å². The van der Waals surface area contributed by atoms with E-state index in [9.17, 15) is 9.90 Å². The quantitative estimate of drug-likeness (QED) is 0.839. The summed E-state index contributed by atoms with van der Waals surface area (Å²) in [7, 11) is 0. The molecule has 1 amide bonds. The second-order valence-electron chi connectivity index (χ2n) is 5.75. The number of hydrogen-bond acceptors (Lipinski definition) is 3. The van der Waals surface area contributed by atoms with Crippen LogP contribution in [0.15, 0.2) is 18.2 Å². The van der Waals surface area contributed by atoms with Gasteiger partial charge in [-0.15, -0.1) is 0 Å². The van der Waals surface area contributed by atoms with Crippen LogP contribution in [0.2, 0.25) is 0 Å². The topological polar surface area (TPSA) is 58.6 Å². The van der Waals surface area contributed by atoms with Crippen LogP contribution in [0.4, 0.5) is 5.69 Å². The molecule has 2 aliphatic carbocycles. The van der Waals surface area contributed by atoms with Gasteiger partial charge in [-0.25, -0.2) is 0 Å². The maximum absolute atomic E-state index is 12.1. The van der Waals surface area contributed by atoms with Crippen molar-refractivity contribution in [1.82, 2.24) is 0 Å². The summed E-state index contributed by atoms with van der Waals surface area (Å²) in [6.07, 6.45) is 3.64. The van der Waals surface area contributed by atoms with Crippen molar-refractivity contribution in [3.8, 4) is 5.75 Å². The van der Waals surface area contributed by atoms with Gasteiger partial charge >= 0.3 is 0 Å². The lowest BCUT2D eigenvalue weighted by Crippen LogP contribution is -2.15. The van der Waals surface area contributed by atoms with Crippen LogP contribution in [0.25, 0.3) is 0 Å². The molecule has 2 N–H and O–H groups in total. The molecule has 20 heavy (non-hydrogen) atoms. The average molecular weight is 275 g/mol. The van der Waals surface area contributed by atoms with E-state index >= 15 is 0 Å². The molecular weight excluding hydrogens is 254 g/mol. The Bertz CT molecular complexity index is 510. The standard InChI is InChI=1S/C16H21NO3/c1-2-20-15-6-5-12(7-11(15)9-18)17-16(19)14-8-13(14)10-3-4-10/h5-7,10,13-14,18H,2-4,8-9H2,1H3,(H,17,19). The summed E-state index contributed by atoms with van der Waals surface area (Å²) >= 11 is 0. The van der Waals surface area contributed by atoms with Gasteiger partial charge in [0.25, 0.3) is 0 Å². The van der Waals surface area contributed by atoms with Gasteiger partial charge in [0.15, 0.2) is 0 Å². The molecule has 0 radical (unpaired) electrons. The van der Waals surface area contributed by atoms with Crippen LogP contribution in [0.3, 0.4) is 0 Å². The van der Waals surface area contributed by atoms with Crippen LogP contribution >= 0.6 is 0 Å². The van der Waals surface area contributed by atoms with Gasteiger partial charge < -0.3 is 15.2 Å². The normalized spacial score (nSPS) is 24.3. The number of carbonyl (C=O) groups excluding carboxylic acids is 1. The average Bonchev–Trinajstić information content (AvgIpc) is 3.30. The number of nitrogens with one attached hydrogen (secondary N) is 1. The van der Waals surface area contributed by atoms with E-state index in [-0.39, 0.29) is 18.4 Å². The van der Waals surface area contributed by atoms with Crippen molar-refractivity contribution >= 4 is 11.6 Å². The molecule has 0 spiro atoms. The number of hydrogen-bond donors (Lipinski definition) is 2. The fraction of sp³-hybridized carbons (Fsp3) is 0.562. The fourth-order valence-corrected chi connectivity index (χ4v) is 2.87. The number of anilines is 1. The number of ether oxygens (including phenoxy) is 1. The van der Waals surface area contributed by atoms with E-state index in [0.29, 0.717) is 23.8 Å². The first kappa shape index (κ1) is 13.4. The molecule has 0 saturated heterocycles. The maximum Gasteiger partial charge on any atom is 0.227 e. The predicted octanol–water partition coefficient (Wildman–Crippen LogP) is 2.56. The summed E-state index contributed by atoms with van der Waals surface area (Å²) < 4.78 is 5.43. The van der Waals surface area contributed by atoms with E-state index in [1.165, 1.54) is 12.8 Å². The summed E-state index contributed by atoms with van der Waals surface area (Å²) in [5.41, 5.74) is 1.45. The van der Waals surface area contributed by atoms with E-state index in [1.807, 2.05) is 13.0 Å². The molecule has 108 valence electrons. The van der Waals surface area contributed by atoms with Gasteiger partial charge in [-0.2, -0.15) is 0 Å². The van der Waals surface area contributed by atoms with Crippen LogP contribution in [0.1, 0.15) is 31.7 Å². The maximum atomic E-state index is 12.1. The highest BCUT2D eigenvalue weighted by atomic mass is 16.5. The number of aliphatic hydroxyl groups is 1. The van der Waals surface area contributed by atoms with Crippen LogP contribution in [-0.2, 0) is 11.4 Å². The number of benzene rings is 1. The monoisotopic (exact) mass is 275 g/mol. The third kappa shape index (κ3) is 2.80. The smallest absolute Gasteiger partial charge is 0.227 e. The zero-order valence-electron chi connectivity index (χ0n) is 11.8. The molecule has 0 bridgehead atoms. The van der Waals surface area contributed by atoms with E-state index in [2.05, 4.69) is 5.32 Å². The fourth-order valence-electron chi connectivity index (χ4n) is 2.87. The van der Waals surface area contributed by atoms with Gasteiger partial charge in [-0.3, -0.25) is 4.79 Å². The van der Waals surface area contributed by atoms with Crippen molar-refractivity contribution in [3.05, 3.63) is 23.8 Å². The van der Waals surface area contributed by atoms with Gasteiger partial charge in [0.05, 0.1) is 13.2 Å². The lowest BCUT2D eigenvalue weighted by molar-refractivity contribution is -0.117. The Kier molecular flexibility index (Phi) is 3.66. The lowest BCUT2D eigenvalue weighted by atomic mass is 10.1. The van der Waals surface area contributed by atoms with E-state index in [0.717, 1.165) is 18.0 Å². The number of carbonyl (C=O) groups is 1. The van der Waals surface area contributed by atoms with Gasteiger partial charge in [0.1, 0.15) is 5.75 Å². The van der Waals surface area contributed by atoms with Crippen molar-refractivity contribution in [3.63, 3.8) is 0 Å². The van der Waals surface area contributed by atoms with Crippen LogP contribution in [0, 0.1) is 17.8 Å². The Balaban J connectivity index is 1.63. The minimum atomic E-state index is -0.0901.